The maximum absolute atomic E-state index is 12.8. The maximum atomic E-state index is 12.8. The van der Waals surface area contributed by atoms with Gasteiger partial charge in [-0.25, -0.2) is 9.50 Å². The van der Waals surface area contributed by atoms with E-state index in [0.29, 0.717) is 6.54 Å². The molecule has 0 bridgehead atoms. The molecular formula is C20H21N7OS. The van der Waals surface area contributed by atoms with Gasteiger partial charge in [-0.2, -0.15) is 10.2 Å². The summed E-state index contributed by atoms with van der Waals surface area (Å²) in [7, 11) is 1.88. The molecule has 148 valence electrons. The third-order valence-electron chi connectivity index (χ3n) is 5.26. The molecule has 1 aliphatic heterocycles. The van der Waals surface area contributed by atoms with Crippen molar-refractivity contribution >= 4 is 22.9 Å². The lowest BCUT2D eigenvalue weighted by molar-refractivity contribution is 0.0714. The number of thiophene rings is 1. The minimum atomic E-state index is 0.0553. The summed E-state index contributed by atoms with van der Waals surface area (Å²) in [5.74, 6) is 0.0553. The molecule has 9 heteroatoms. The Morgan fingerprint density at radius 3 is 2.83 bits per heavy atom. The van der Waals surface area contributed by atoms with E-state index in [4.69, 9.17) is 5.73 Å². The molecule has 1 amide bonds. The molecule has 29 heavy (non-hydrogen) atoms. The number of hydrogen-bond donors (Lipinski definition) is 1. The highest BCUT2D eigenvalue weighted by Gasteiger charge is 2.24. The zero-order valence-corrected chi connectivity index (χ0v) is 16.8. The van der Waals surface area contributed by atoms with Crippen LogP contribution in [0.1, 0.15) is 22.5 Å². The Morgan fingerprint density at radius 2 is 2.03 bits per heavy atom. The van der Waals surface area contributed by atoms with Crippen molar-refractivity contribution in [2.45, 2.75) is 18.9 Å². The average Bonchev–Trinajstić information content (AvgIpc) is 3.45. The molecule has 0 spiro atoms. The molecule has 8 nitrogen and oxygen atoms in total. The zero-order chi connectivity index (χ0) is 20.0. The molecule has 1 fully saturated rings. The summed E-state index contributed by atoms with van der Waals surface area (Å²) in [6.07, 6.45) is 11.2. The third kappa shape index (κ3) is 3.32. The lowest BCUT2D eigenvalue weighted by Crippen LogP contribution is -2.45. The molecule has 0 aliphatic carbocycles. The monoisotopic (exact) mass is 407 g/mol. The van der Waals surface area contributed by atoms with Crippen molar-refractivity contribution in [3.8, 4) is 22.3 Å². The molecule has 1 saturated heterocycles. The first-order valence-corrected chi connectivity index (χ1v) is 10.4. The first-order chi connectivity index (χ1) is 14.1. The predicted octanol–water partition coefficient (Wildman–Crippen LogP) is 2.42. The van der Waals surface area contributed by atoms with Crippen LogP contribution in [0.15, 0.2) is 42.4 Å². The van der Waals surface area contributed by atoms with E-state index in [1.165, 1.54) is 11.3 Å². The first kappa shape index (κ1) is 18.0. The van der Waals surface area contributed by atoms with Gasteiger partial charge in [0.25, 0.3) is 5.91 Å². The number of aryl methyl sites for hydroxylation is 1. The van der Waals surface area contributed by atoms with Crippen LogP contribution in [0, 0.1) is 0 Å². The quantitative estimate of drug-likeness (QED) is 0.563. The topological polar surface area (TPSA) is 94.3 Å². The molecule has 4 aromatic heterocycles. The standard InChI is InChI=1S/C20H21N7OS/c1-25-9-15(7-23-25)14-6-22-19-17(8-24-27(19)10-14)13-5-18(29-12-13)20(28)26-4-2-3-16(21)11-26/h5-10,12,16H,2-4,11,21H2,1H3/t16-/m0/s1. The largest absolute Gasteiger partial charge is 0.336 e. The Kier molecular flexibility index (Phi) is 4.40. The van der Waals surface area contributed by atoms with Crippen LogP contribution >= 0.6 is 11.3 Å². The Hall–Kier alpha value is -3.04. The van der Waals surface area contributed by atoms with Gasteiger partial charge in [-0.3, -0.25) is 9.48 Å². The van der Waals surface area contributed by atoms with Gasteiger partial charge in [-0.1, -0.05) is 0 Å². The molecule has 1 aliphatic rings. The van der Waals surface area contributed by atoms with Crippen molar-refractivity contribution in [1.29, 1.82) is 0 Å². The van der Waals surface area contributed by atoms with Gasteiger partial charge in [0.15, 0.2) is 5.65 Å². The smallest absolute Gasteiger partial charge is 0.263 e. The number of carbonyl (C=O) groups excluding carboxylic acids is 1. The fourth-order valence-electron chi connectivity index (χ4n) is 3.74. The van der Waals surface area contributed by atoms with Gasteiger partial charge in [0, 0.05) is 61.5 Å². The summed E-state index contributed by atoms with van der Waals surface area (Å²) in [5.41, 5.74) is 10.6. The number of nitrogens with zero attached hydrogens (tertiary/aromatic N) is 6. The molecule has 1 atom stereocenters. The van der Waals surface area contributed by atoms with Crippen molar-refractivity contribution in [3.05, 3.63) is 47.3 Å². The van der Waals surface area contributed by atoms with Crippen molar-refractivity contribution in [1.82, 2.24) is 29.3 Å². The molecular weight excluding hydrogens is 386 g/mol. The SMILES string of the molecule is Cn1cc(-c2cnc3c(-c4csc(C(=O)N5CCC[C@H](N)C5)c4)cnn3c2)cn1. The molecule has 0 radical (unpaired) electrons. The van der Waals surface area contributed by atoms with E-state index in [9.17, 15) is 4.79 Å². The van der Waals surface area contributed by atoms with Gasteiger partial charge in [-0.15, -0.1) is 11.3 Å². The number of aromatic nitrogens is 5. The summed E-state index contributed by atoms with van der Waals surface area (Å²) in [6, 6.07) is 2.01. The Balaban J connectivity index is 1.43. The van der Waals surface area contributed by atoms with Crippen LogP contribution in [0.25, 0.3) is 27.9 Å². The van der Waals surface area contributed by atoms with Crippen LogP contribution in [0.4, 0.5) is 0 Å². The van der Waals surface area contributed by atoms with E-state index < -0.39 is 0 Å². The molecule has 0 unspecified atom stereocenters. The van der Waals surface area contributed by atoms with Crippen LogP contribution in [0.2, 0.25) is 0 Å². The van der Waals surface area contributed by atoms with E-state index in [2.05, 4.69) is 15.2 Å². The van der Waals surface area contributed by atoms with Crippen LogP contribution in [-0.2, 0) is 7.05 Å². The number of piperidine rings is 1. The van der Waals surface area contributed by atoms with Crippen LogP contribution in [-0.4, -0.2) is 54.3 Å². The van der Waals surface area contributed by atoms with Gasteiger partial charge in [-0.05, 0) is 29.9 Å². The van der Waals surface area contributed by atoms with E-state index in [1.54, 1.807) is 21.6 Å². The Labute approximate surface area is 171 Å². The second-order valence-electron chi connectivity index (χ2n) is 7.42. The number of amides is 1. The lowest BCUT2D eigenvalue weighted by Gasteiger charge is -2.30. The molecule has 0 saturated carbocycles. The van der Waals surface area contributed by atoms with E-state index in [1.807, 2.05) is 42.0 Å². The minimum absolute atomic E-state index is 0.0553. The van der Waals surface area contributed by atoms with Crippen molar-refractivity contribution in [3.63, 3.8) is 0 Å². The Morgan fingerprint density at radius 1 is 1.17 bits per heavy atom. The minimum Gasteiger partial charge on any atom is -0.336 e. The summed E-state index contributed by atoms with van der Waals surface area (Å²) in [4.78, 5) is 20.0. The number of carbonyl (C=O) groups is 1. The van der Waals surface area contributed by atoms with Crippen LogP contribution in [0.5, 0.6) is 0 Å². The van der Waals surface area contributed by atoms with Gasteiger partial charge in [0.2, 0.25) is 0 Å². The number of fused-ring (bicyclic) bond motifs is 1. The predicted molar refractivity (Wildman–Crippen MR) is 112 cm³/mol. The number of nitrogens with two attached hydrogens (primary N) is 1. The second kappa shape index (κ2) is 7.09. The first-order valence-electron chi connectivity index (χ1n) is 9.54. The van der Waals surface area contributed by atoms with E-state index in [-0.39, 0.29) is 11.9 Å². The summed E-state index contributed by atoms with van der Waals surface area (Å²) < 4.78 is 3.52. The number of likely N-dealkylation sites (tertiary alicyclic amines) is 1. The summed E-state index contributed by atoms with van der Waals surface area (Å²) in [5, 5.41) is 10.7. The molecule has 0 aromatic carbocycles. The fraction of sp³-hybridized carbons (Fsp3) is 0.300. The maximum Gasteiger partial charge on any atom is 0.263 e. The average molecular weight is 408 g/mol. The van der Waals surface area contributed by atoms with E-state index >= 15 is 0 Å². The fourth-order valence-corrected chi connectivity index (χ4v) is 4.61. The lowest BCUT2D eigenvalue weighted by atomic mass is 10.1. The summed E-state index contributed by atoms with van der Waals surface area (Å²) >= 11 is 1.45. The second-order valence-corrected chi connectivity index (χ2v) is 8.34. The van der Waals surface area contributed by atoms with Crippen molar-refractivity contribution in [2.75, 3.05) is 13.1 Å². The third-order valence-corrected chi connectivity index (χ3v) is 6.18. The molecule has 4 aromatic rings. The molecule has 5 rings (SSSR count). The zero-order valence-electron chi connectivity index (χ0n) is 16.0. The number of rotatable bonds is 3. The number of hydrogen-bond acceptors (Lipinski definition) is 6. The van der Waals surface area contributed by atoms with Gasteiger partial charge >= 0.3 is 0 Å². The van der Waals surface area contributed by atoms with E-state index in [0.717, 1.165) is 52.2 Å². The van der Waals surface area contributed by atoms with Gasteiger partial charge in [0.05, 0.1) is 17.3 Å². The van der Waals surface area contributed by atoms with Gasteiger partial charge < -0.3 is 10.6 Å². The highest BCUT2D eigenvalue weighted by molar-refractivity contribution is 7.12. The summed E-state index contributed by atoms with van der Waals surface area (Å²) in [6.45, 7) is 1.40. The van der Waals surface area contributed by atoms with Crippen molar-refractivity contribution < 1.29 is 4.79 Å². The van der Waals surface area contributed by atoms with Crippen LogP contribution in [0.3, 0.4) is 0 Å². The normalized spacial score (nSPS) is 17.2. The van der Waals surface area contributed by atoms with Crippen LogP contribution < -0.4 is 5.73 Å². The molecule has 2 N–H and O–H groups in total. The Bertz CT molecular complexity index is 1190. The highest BCUT2D eigenvalue weighted by atomic mass is 32.1. The van der Waals surface area contributed by atoms with Gasteiger partial charge in [0.1, 0.15) is 0 Å². The molecule has 5 heterocycles. The van der Waals surface area contributed by atoms with Crippen molar-refractivity contribution in [2.24, 2.45) is 12.8 Å². The highest BCUT2D eigenvalue weighted by Crippen LogP contribution is 2.30.